The summed E-state index contributed by atoms with van der Waals surface area (Å²) < 4.78 is 59.9. The summed E-state index contributed by atoms with van der Waals surface area (Å²) in [5, 5.41) is 0. The first kappa shape index (κ1) is 32.8. The number of carbonyl (C=O) groups is 3. The van der Waals surface area contributed by atoms with Crippen LogP contribution in [0.2, 0.25) is 0 Å². The van der Waals surface area contributed by atoms with Crippen LogP contribution in [0, 0.1) is 75.4 Å². The van der Waals surface area contributed by atoms with Crippen molar-refractivity contribution in [3.63, 3.8) is 0 Å². The van der Waals surface area contributed by atoms with Crippen LogP contribution in [0.3, 0.4) is 0 Å². The van der Waals surface area contributed by atoms with E-state index in [-0.39, 0.29) is 56.1 Å². The molecule has 13 fully saturated rings. The molecule has 0 aromatic carbocycles. The second-order valence-electron chi connectivity index (χ2n) is 20.0. The van der Waals surface area contributed by atoms with Crippen LogP contribution in [0.25, 0.3) is 0 Å². The highest BCUT2D eigenvalue weighted by Crippen LogP contribution is 2.64. The molecule has 12 aliphatic carbocycles. The molecule has 5 unspecified atom stereocenters. The Labute approximate surface area is 293 Å². The van der Waals surface area contributed by atoms with Crippen LogP contribution >= 0.6 is 0 Å². The number of halogens is 2. The smallest absolute Gasteiger partial charge is 0.376 e. The number of carbonyl (C=O) groups excluding carboxylic acids is 3. The average molecular weight is 701 g/mol. The molecule has 1 spiro atoms. The number of rotatable bonds is 8. The van der Waals surface area contributed by atoms with Crippen LogP contribution in [0.5, 0.6) is 0 Å². The van der Waals surface area contributed by atoms with Gasteiger partial charge in [-0.1, -0.05) is 0 Å². The minimum Gasteiger partial charge on any atom is -0.464 e. The third-order valence-corrected chi connectivity index (χ3v) is 16.1. The predicted molar refractivity (Wildman–Crippen MR) is 173 cm³/mol. The highest BCUT2D eigenvalue weighted by molar-refractivity contribution is 5.78. The molecule has 13 aliphatic rings. The highest BCUT2D eigenvalue weighted by atomic mass is 19.3. The Morgan fingerprint density at radius 2 is 1.10 bits per heavy atom. The Morgan fingerprint density at radius 3 is 1.54 bits per heavy atom. The van der Waals surface area contributed by atoms with Gasteiger partial charge in [-0.25, -0.2) is 4.79 Å². The molecule has 12 saturated carbocycles. The molecule has 0 N–H and O–H groups in total. The topological polar surface area (TPSA) is 97.4 Å². The molecule has 8 nitrogen and oxygen atoms in total. The lowest BCUT2D eigenvalue weighted by Gasteiger charge is -2.64. The minimum atomic E-state index is -3.58. The molecule has 0 amide bonds. The molecule has 1 heterocycles. The Kier molecular flexibility index (Phi) is 7.29. The fraction of sp³-hybridized carbons (Fsp3) is 0.925. The summed E-state index contributed by atoms with van der Waals surface area (Å²) in [5.41, 5.74) is -1.72. The van der Waals surface area contributed by atoms with Crippen molar-refractivity contribution in [2.45, 2.75) is 127 Å². The summed E-state index contributed by atoms with van der Waals surface area (Å²) >= 11 is 0. The van der Waals surface area contributed by atoms with Crippen molar-refractivity contribution in [1.29, 1.82) is 0 Å². The van der Waals surface area contributed by atoms with Gasteiger partial charge in [0.25, 0.3) is 0 Å². The Balaban J connectivity index is 0.886. The van der Waals surface area contributed by atoms with E-state index in [1.54, 1.807) is 0 Å². The monoisotopic (exact) mass is 700 g/mol. The molecule has 50 heavy (non-hydrogen) atoms. The van der Waals surface area contributed by atoms with Gasteiger partial charge in [-0.2, -0.15) is 8.78 Å². The zero-order valence-electron chi connectivity index (χ0n) is 29.5. The van der Waals surface area contributed by atoms with Crippen molar-refractivity contribution in [2.24, 2.45) is 75.4 Å². The van der Waals surface area contributed by atoms with Crippen LogP contribution in [-0.4, -0.2) is 62.1 Å². The first-order chi connectivity index (χ1) is 23.8. The van der Waals surface area contributed by atoms with Crippen molar-refractivity contribution >= 4 is 17.9 Å². The largest absolute Gasteiger partial charge is 0.464 e. The number of alkyl halides is 2. The Morgan fingerprint density at radius 1 is 0.640 bits per heavy atom. The van der Waals surface area contributed by atoms with Gasteiger partial charge in [0, 0.05) is 12.8 Å². The molecule has 12 bridgehead atoms. The average Bonchev–Trinajstić information content (AvgIpc) is 3.05. The number of hydrogen-bond acceptors (Lipinski definition) is 8. The maximum absolute atomic E-state index is 14.1. The van der Waals surface area contributed by atoms with Gasteiger partial charge >= 0.3 is 23.8 Å². The summed E-state index contributed by atoms with van der Waals surface area (Å²) in [6.45, 7) is 0.973. The number of hydrogen-bond donors (Lipinski definition) is 0. The molecule has 10 heteroatoms. The van der Waals surface area contributed by atoms with E-state index in [9.17, 15) is 23.2 Å². The number of esters is 3. The van der Waals surface area contributed by atoms with Crippen LogP contribution in [0.15, 0.2) is 0 Å². The SMILES string of the molecule is CC(F)(F)C(=O)OC1C2CC3CC(C2)C2(OCC(COC(=O)C45CC6CC(CC(C6)C4)C5)(COC(=O)C45CC6CC(CC(C6)C4)C5)CO2)C1C3. The quantitative estimate of drug-likeness (QED) is 0.200. The van der Waals surface area contributed by atoms with Gasteiger partial charge in [-0.05, 0) is 150 Å². The van der Waals surface area contributed by atoms with E-state index < -0.39 is 40.0 Å². The first-order valence-corrected chi connectivity index (χ1v) is 20.0. The van der Waals surface area contributed by atoms with Crippen molar-refractivity contribution in [2.75, 3.05) is 26.4 Å². The lowest BCUT2D eigenvalue weighted by Crippen LogP contribution is -2.70. The van der Waals surface area contributed by atoms with Crippen LogP contribution < -0.4 is 0 Å². The van der Waals surface area contributed by atoms with Gasteiger partial charge < -0.3 is 23.7 Å². The van der Waals surface area contributed by atoms with Gasteiger partial charge in [0.05, 0.1) is 35.4 Å². The molecular weight excluding hydrogens is 646 g/mol. The highest BCUT2D eigenvalue weighted by Gasteiger charge is 2.67. The molecule has 276 valence electrons. The second-order valence-corrected chi connectivity index (χ2v) is 20.0. The fourth-order valence-electron chi connectivity index (χ4n) is 14.9. The molecule has 5 atom stereocenters. The molecular formula is C40H54F2O8. The van der Waals surface area contributed by atoms with E-state index >= 15 is 0 Å². The summed E-state index contributed by atoms with van der Waals surface area (Å²) in [7, 11) is 0. The molecule has 0 aromatic heterocycles. The third-order valence-electron chi connectivity index (χ3n) is 16.1. The number of ether oxygens (including phenoxy) is 5. The molecule has 1 aliphatic heterocycles. The molecule has 1 saturated heterocycles. The normalized spacial score (nSPS) is 52.0. The van der Waals surface area contributed by atoms with Gasteiger partial charge in [0.2, 0.25) is 0 Å². The Bertz CT molecular complexity index is 1300. The van der Waals surface area contributed by atoms with Gasteiger partial charge in [0.15, 0.2) is 5.79 Å². The van der Waals surface area contributed by atoms with E-state index in [4.69, 9.17) is 23.7 Å². The van der Waals surface area contributed by atoms with E-state index in [1.165, 1.54) is 38.5 Å². The zero-order valence-corrected chi connectivity index (χ0v) is 29.5. The third kappa shape index (κ3) is 5.09. The molecule has 0 aromatic rings. The molecule has 13 rings (SSSR count). The first-order valence-electron chi connectivity index (χ1n) is 20.0. The summed E-state index contributed by atoms with van der Waals surface area (Å²) in [4.78, 5) is 40.5. The summed E-state index contributed by atoms with van der Waals surface area (Å²) in [6.07, 6.45) is 15.3. The lowest BCUT2D eigenvalue weighted by molar-refractivity contribution is -0.399. The van der Waals surface area contributed by atoms with Crippen molar-refractivity contribution in [3.8, 4) is 0 Å². The van der Waals surface area contributed by atoms with Crippen molar-refractivity contribution in [3.05, 3.63) is 0 Å². The summed E-state index contributed by atoms with van der Waals surface area (Å²) in [5.74, 6) is -2.60. The van der Waals surface area contributed by atoms with E-state index in [1.807, 2.05) is 0 Å². The summed E-state index contributed by atoms with van der Waals surface area (Å²) in [6, 6.07) is 0. The molecule has 0 radical (unpaired) electrons. The van der Waals surface area contributed by atoms with E-state index in [0.29, 0.717) is 61.2 Å². The lowest BCUT2D eigenvalue weighted by atomic mass is 9.49. The van der Waals surface area contributed by atoms with Gasteiger partial charge in [0.1, 0.15) is 19.3 Å². The van der Waals surface area contributed by atoms with Crippen LogP contribution in [-0.2, 0) is 38.1 Å². The van der Waals surface area contributed by atoms with Gasteiger partial charge in [-0.3, -0.25) is 9.59 Å². The maximum atomic E-state index is 14.1. The van der Waals surface area contributed by atoms with Crippen molar-refractivity contribution in [1.82, 2.24) is 0 Å². The zero-order chi connectivity index (χ0) is 34.3. The standard InChI is InChI=1S/C40H54F2O8/c1-36(41,42)33(43)50-32-29-8-22-9-30(11-29)40(31(32)10-22)48-20-37(21-49-40,18-46-34(44)38-12-23-2-24(13-38)4-25(3-23)14-38)19-47-35(45)39-15-26-5-27(16-39)7-28(6-26)17-39/h22-32H,2-21H2,1H3. The van der Waals surface area contributed by atoms with Crippen LogP contribution in [0.4, 0.5) is 8.78 Å². The van der Waals surface area contributed by atoms with Crippen molar-refractivity contribution < 1.29 is 46.8 Å². The minimum absolute atomic E-state index is 0.00998. The Hall–Kier alpha value is -1.81. The predicted octanol–water partition coefficient (Wildman–Crippen LogP) is 6.87. The van der Waals surface area contributed by atoms with E-state index in [2.05, 4.69) is 0 Å². The fourth-order valence-corrected chi connectivity index (χ4v) is 14.9. The van der Waals surface area contributed by atoms with E-state index in [0.717, 1.165) is 51.4 Å². The second kappa shape index (κ2) is 11.1. The van der Waals surface area contributed by atoms with Gasteiger partial charge in [-0.15, -0.1) is 0 Å². The van der Waals surface area contributed by atoms with Crippen LogP contribution in [0.1, 0.15) is 110 Å². The maximum Gasteiger partial charge on any atom is 0.376 e.